The molecule has 0 atom stereocenters. The average molecular weight is 312 g/mol. The van der Waals surface area contributed by atoms with Gasteiger partial charge in [0.2, 0.25) is 0 Å². The monoisotopic (exact) mass is 310 g/mol. The number of nitrogens with zero attached hydrogens (tertiary/aromatic N) is 2. The molecule has 0 unspecified atom stereocenters. The van der Waals surface area contributed by atoms with E-state index in [4.69, 9.17) is 34.8 Å². The van der Waals surface area contributed by atoms with Gasteiger partial charge in [-0.1, -0.05) is 29.3 Å². The third-order valence-electron chi connectivity index (χ3n) is 2.87. The Labute approximate surface area is 125 Å². The van der Waals surface area contributed by atoms with Crippen molar-refractivity contribution in [2.45, 2.75) is 5.88 Å². The van der Waals surface area contributed by atoms with E-state index < -0.39 is 0 Å². The summed E-state index contributed by atoms with van der Waals surface area (Å²) < 4.78 is 1.97. The van der Waals surface area contributed by atoms with E-state index in [0.717, 1.165) is 22.5 Å². The van der Waals surface area contributed by atoms with Crippen LogP contribution in [0.15, 0.2) is 42.5 Å². The molecular formula is C14H9Cl3N2. The second kappa shape index (κ2) is 5.04. The summed E-state index contributed by atoms with van der Waals surface area (Å²) in [6.45, 7) is 0. The molecule has 0 spiro atoms. The van der Waals surface area contributed by atoms with Crippen molar-refractivity contribution in [3.05, 3.63) is 58.3 Å². The predicted octanol–water partition coefficient (Wildman–Crippen LogP) is 5.07. The fourth-order valence-electron chi connectivity index (χ4n) is 2.09. The largest absolute Gasteiger partial charge is 0.295 e. The third kappa shape index (κ3) is 2.32. The Kier molecular flexibility index (Phi) is 3.40. The molecule has 0 bridgehead atoms. The molecule has 0 aliphatic heterocycles. The zero-order chi connectivity index (χ0) is 13.4. The fraction of sp³-hybridized carbons (Fsp3) is 0.0714. The highest BCUT2D eigenvalue weighted by atomic mass is 35.5. The van der Waals surface area contributed by atoms with Crippen molar-refractivity contribution in [1.82, 2.24) is 9.55 Å². The molecule has 0 aliphatic rings. The lowest BCUT2D eigenvalue weighted by Crippen LogP contribution is -1.99. The topological polar surface area (TPSA) is 17.8 Å². The molecule has 19 heavy (non-hydrogen) atoms. The molecule has 1 heterocycles. The van der Waals surface area contributed by atoms with Crippen LogP contribution in [0.3, 0.4) is 0 Å². The number of imidazole rings is 1. The summed E-state index contributed by atoms with van der Waals surface area (Å²) in [5, 5.41) is 1.33. The van der Waals surface area contributed by atoms with Crippen molar-refractivity contribution >= 4 is 45.8 Å². The van der Waals surface area contributed by atoms with E-state index in [1.54, 1.807) is 0 Å². The highest BCUT2D eigenvalue weighted by Crippen LogP contribution is 2.26. The zero-order valence-corrected chi connectivity index (χ0v) is 12.0. The van der Waals surface area contributed by atoms with E-state index in [-0.39, 0.29) is 0 Å². The molecule has 2 nitrogen and oxygen atoms in total. The summed E-state index contributed by atoms with van der Waals surface area (Å²) >= 11 is 18.1. The second-order valence-electron chi connectivity index (χ2n) is 4.11. The van der Waals surface area contributed by atoms with Gasteiger partial charge < -0.3 is 0 Å². The van der Waals surface area contributed by atoms with Crippen LogP contribution < -0.4 is 0 Å². The fourth-order valence-corrected chi connectivity index (χ4v) is 2.62. The van der Waals surface area contributed by atoms with E-state index in [1.165, 1.54) is 0 Å². The molecule has 0 N–H and O–H groups in total. The van der Waals surface area contributed by atoms with Gasteiger partial charge in [0.05, 0.1) is 16.9 Å². The van der Waals surface area contributed by atoms with E-state index >= 15 is 0 Å². The van der Waals surface area contributed by atoms with E-state index in [0.29, 0.717) is 15.9 Å². The molecule has 2 aromatic carbocycles. The zero-order valence-electron chi connectivity index (χ0n) is 9.78. The first-order chi connectivity index (χ1) is 9.19. The minimum Gasteiger partial charge on any atom is -0.295 e. The first kappa shape index (κ1) is 12.8. The number of rotatable bonds is 2. The third-order valence-corrected chi connectivity index (χ3v) is 3.58. The van der Waals surface area contributed by atoms with Crippen LogP contribution >= 0.6 is 34.8 Å². The van der Waals surface area contributed by atoms with Crippen LogP contribution in [0.4, 0.5) is 0 Å². The molecular weight excluding hydrogens is 303 g/mol. The number of benzene rings is 2. The van der Waals surface area contributed by atoms with Crippen LogP contribution in [0.5, 0.6) is 0 Å². The van der Waals surface area contributed by atoms with Crippen LogP contribution in [0.25, 0.3) is 16.7 Å². The van der Waals surface area contributed by atoms with E-state index in [2.05, 4.69) is 4.98 Å². The summed E-state index contributed by atoms with van der Waals surface area (Å²) in [6.07, 6.45) is 0. The Hall–Kier alpha value is -1.22. The molecule has 5 heteroatoms. The van der Waals surface area contributed by atoms with Gasteiger partial charge in [-0.25, -0.2) is 4.98 Å². The molecule has 0 fully saturated rings. The van der Waals surface area contributed by atoms with Gasteiger partial charge in [0.15, 0.2) is 0 Å². The molecule has 0 radical (unpaired) electrons. The van der Waals surface area contributed by atoms with Crippen LogP contribution in [0, 0.1) is 0 Å². The van der Waals surface area contributed by atoms with Crippen molar-refractivity contribution in [3.63, 3.8) is 0 Å². The molecule has 0 aliphatic carbocycles. The van der Waals surface area contributed by atoms with Gasteiger partial charge in [0.1, 0.15) is 5.82 Å². The maximum absolute atomic E-state index is 6.06. The number of hydrogen-bond acceptors (Lipinski definition) is 1. The van der Waals surface area contributed by atoms with Gasteiger partial charge in [-0.2, -0.15) is 0 Å². The van der Waals surface area contributed by atoms with Gasteiger partial charge in [-0.05, 0) is 36.4 Å². The summed E-state index contributed by atoms with van der Waals surface area (Å²) in [4.78, 5) is 4.51. The van der Waals surface area contributed by atoms with Gasteiger partial charge in [0, 0.05) is 15.7 Å². The summed E-state index contributed by atoms with van der Waals surface area (Å²) in [7, 11) is 0. The lowest BCUT2D eigenvalue weighted by atomic mass is 10.3. The van der Waals surface area contributed by atoms with Crippen molar-refractivity contribution < 1.29 is 0 Å². The second-order valence-corrected chi connectivity index (χ2v) is 5.25. The molecule has 96 valence electrons. The first-order valence-electron chi connectivity index (χ1n) is 5.68. The number of hydrogen-bond donors (Lipinski definition) is 0. The Morgan fingerprint density at radius 1 is 1.00 bits per heavy atom. The molecule has 3 rings (SSSR count). The van der Waals surface area contributed by atoms with Gasteiger partial charge in [0.25, 0.3) is 0 Å². The Bertz CT molecular complexity index is 750. The van der Waals surface area contributed by atoms with Gasteiger partial charge in [-0.15, -0.1) is 11.6 Å². The molecule has 0 saturated heterocycles. The number of halogens is 3. The Morgan fingerprint density at radius 2 is 1.79 bits per heavy atom. The summed E-state index contributed by atoms with van der Waals surface area (Å²) in [5.74, 6) is 1.08. The minimum atomic E-state index is 0.318. The van der Waals surface area contributed by atoms with Crippen LogP contribution in [-0.2, 0) is 5.88 Å². The molecule has 0 saturated carbocycles. The van der Waals surface area contributed by atoms with E-state index in [1.807, 2.05) is 47.0 Å². The van der Waals surface area contributed by atoms with E-state index in [9.17, 15) is 0 Å². The summed E-state index contributed by atoms with van der Waals surface area (Å²) in [6, 6.07) is 13.1. The highest BCUT2D eigenvalue weighted by molar-refractivity contribution is 6.31. The lowest BCUT2D eigenvalue weighted by Gasteiger charge is -2.08. The Morgan fingerprint density at radius 3 is 2.53 bits per heavy atom. The van der Waals surface area contributed by atoms with Crippen LogP contribution in [0.2, 0.25) is 10.0 Å². The van der Waals surface area contributed by atoms with Crippen LogP contribution in [0.1, 0.15) is 5.82 Å². The Balaban J connectivity index is 2.34. The number of fused-ring (bicyclic) bond motifs is 1. The van der Waals surface area contributed by atoms with Crippen molar-refractivity contribution in [2.24, 2.45) is 0 Å². The lowest BCUT2D eigenvalue weighted by molar-refractivity contribution is 0.982. The SMILES string of the molecule is ClCc1nc2ccc(Cl)cc2n1-c1cccc(Cl)c1. The summed E-state index contributed by atoms with van der Waals surface area (Å²) in [5.41, 5.74) is 2.71. The predicted molar refractivity (Wildman–Crippen MR) is 80.6 cm³/mol. The number of alkyl halides is 1. The maximum atomic E-state index is 6.06. The molecule has 3 aromatic rings. The van der Waals surface area contributed by atoms with Crippen molar-refractivity contribution in [1.29, 1.82) is 0 Å². The number of aromatic nitrogens is 2. The molecule has 1 aromatic heterocycles. The normalized spacial score (nSPS) is 11.1. The standard InChI is InChI=1S/C14H9Cl3N2/c15-8-14-18-12-5-4-10(17)7-13(12)19(14)11-3-1-2-9(16)6-11/h1-7H,8H2. The van der Waals surface area contributed by atoms with Crippen molar-refractivity contribution in [2.75, 3.05) is 0 Å². The quantitative estimate of drug-likeness (QED) is 0.604. The van der Waals surface area contributed by atoms with Gasteiger partial charge in [-0.3, -0.25) is 4.57 Å². The van der Waals surface area contributed by atoms with Crippen LogP contribution in [-0.4, -0.2) is 9.55 Å². The van der Waals surface area contributed by atoms with Gasteiger partial charge >= 0.3 is 0 Å². The smallest absolute Gasteiger partial charge is 0.129 e. The minimum absolute atomic E-state index is 0.318. The first-order valence-corrected chi connectivity index (χ1v) is 6.97. The average Bonchev–Trinajstić information content (AvgIpc) is 2.76. The maximum Gasteiger partial charge on any atom is 0.129 e. The highest BCUT2D eigenvalue weighted by Gasteiger charge is 2.12. The van der Waals surface area contributed by atoms with Crippen molar-refractivity contribution in [3.8, 4) is 5.69 Å². The molecule has 0 amide bonds.